The highest BCUT2D eigenvalue weighted by molar-refractivity contribution is 5.83. The van der Waals surface area contributed by atoms with E-state index >= 15 is 0 Å². The molecule has 1 aliphatic rings. The van der Waals surface area contributed by atoms with Gasteiger partial charge in [-0.1, -0.05) is 24.6 Å². The molecule has 0 amide bonds. The molecule has 1 saturated heterocycles. The molecule has 21 heavy (non-hydrogen) atoms. The van der Waals surface area contributed by atoms with Crippen molar-refractivity contribution >= 4 is 16.7 Å². The predicted octanol–water partition coefficient (Wildman–Crippen LogP) is 3.83. The van der Waals surface area contributed by atoms with Crippen molar-refractivity contribution in [2.75, 3.05) is 31.5 Å². The minimum atomic E-state index is 1.00. The summed E-state index contributed by atoms with van der Waals surface area (Å²) in [5.74, 6) is 1.00. The molecule has 3 rings (SSSR count). The Morgan fingerprint density at radius 2 is 1.95 bits per heavy atom. The van der Waals surface area contributed by atoms with E-state index in [2.05, 4.69) is 47.5 Å². The van der Waals surface area contributed by atoms with E-state index in [1.54, 1.807) is 0 Å². The summed E-state index contributed by atoms with van der Waals surface area (Å²) in [6.45, 7) is 6.93. The summed E-state index contributed by atoms with van der Waals surface area (Å²) in [6, 6.07) is 10.5. The Labute approximate surface area is 127 Å². The van der Waals surface area contributed by atoms with E-state index in [-0.39, 0.29) is 0 Å². The molecule has 0 spiro atoms. The van der Waals surface area contributed by atoms with Crippen molar-refractivity contribution in [2.24, 2.45) is 0 Å². The molecule has 1 aromatic carbocycles. The lowest BCUT2D eigenvalue weighted by molar-refractivity contribution is 0.228. The molecule has 0 bridgehead atoms. The summed E-state index contributed by atoms with van der Waals surface area (Å²) in [5, 5.41) is 4.73. The molecule has 3 heteroatoms. The fraction of sp³-hybridized carbons (Fsp3) is 0.500. The zero-order valence-corrected chi connectivity index (χ0v) is 12.9. The number of rotatable bonds is 5. The third-order valence-corrected chi connectivity index (χ3v) is 4.33. The first kappa shape index (κ1) is 14.3. The van der Waals surface area contributed by atoms with Crippen molar-refractivity contribution < 1.29 is 0 Å². The maximum Gasteiger partial charge on any atom is 0.126 e. The van der Waals surface area contributed by atoms with Gasteiger partial charge in [0, 0.05) is 11.9 Å². The summed E-state index contributed by atoms with van der Waals surface area (Å²) >= 11 is 0. The van der Waals surface area contributed by atoms with Gasteiger partial charge in [0.1, 0.15) is 5.82 Å². The Morgan fingerprint density at radius 3 is 2.81 bits per heavy atom. The Hall–Kier alpha value is -1.61. The van der Waals surface area contributed by atoms with Crippen LogP contribution in [0.5, 0.6) is 0 Å². The minimum Gasteiger partial charge on any atom is -0.370 e. The van der Waals surface area contributed by atoms with Crippen LogP contribution in [0.25, 0.3) is 10.9 Å². The van der Waals surface area contributed by atoms with Crippen LogP contribution in [0.4, 0.5) is 5.82 Å². The lowest BCUT2D eigenvalue weighted by Gasteiger charge is -2.26. The van der Waals surface area contributed by atoms with Crippen LogP contribution >= 0.6 is 0 Å². The molecule has 1 fully saturated rings. The molecule has 2 aromatic rings. The van der Waals surface area contributed by atoms with Crippen molar-refractivity contribution in [3.05, 3.63) is 35.9 Å². The number of anilines is 1. The van der Waals surface area contributed by atoms with Gasteiger partial charge in [-0.05, 0) is 63.5 Å². The topological polar surface area (TPSA) is 28.2 Å². The average Bonchev–Trinajstić information content (AvgIpc) is 2.53. The number of fused-ring (bicyclic) bond motifs is 1. The van der Waals surface area contributed by atoms with Gasteiger partial charge in [-0.15, -0.1) is 0 Å². The summed E-state index contributed by atoms with van der Waals surface area (Å²) in [7, 11) is 0. The number of nitrogens with one attached hydrogen (secondary N) is 1. The maximum atomic E-state index is 4.70. The number of piperidine rings is 1. The smallest absolute Gasteiger partial charge is 0.126 e. The number of benzene rings is 1. The summed E-state index contributed by atoms with van der Waals surface area (Å²) in [6.07, 6.45) is 5.35. The number of aryl methyl sites for hydroxylation is 1. The molecule has 2 heterocycles. The molecule has 3 nitrogen and oxygen atoms in total. The van der Waals surface area contributed by atoms with Crippen LogP contribution in [0.3, 0.4) is 0 Å². The average molecular weight is 283 g/mol. The van der Waals surface area contributed by atoms with Gasteiger partial charge in [-0.25, -0.2) is 4.98 Å². The zero-order chi connectivity index (χ0) is 14.5. The van der Waals surface area contributed by atoms with Gasteiger partial charge in [0.15, 0.2) is 0 Å². The number of hydrogen-bond acceptors (Lipinski definition) is 3. The summed E-state index contributed by atoms with van der Waals surface area (Å²) in [4.78, 5) is 7.28. The lowest BCUT2D eigenvalue weighted by Crippen LogP contribution is -2.31. The number of nitrogens with zero attached hydrogens (tertiary/aromatic N) is 2. The van der Waals surface area contributed by atoms with Crippen LogP contribution in [0.2, 0.25) is 0 Å². The van der Waals surface area contributed by atoms with Crippen molar-refractivity contribution in [2.45, 2.75) is 32.6 Å². The normalized spacial score (nSPS) is 16.2. The van der Waals surface area contributed by atoms with E-state index in [4.69, 9.17) is 4.98 Å². The van der Waals surface area contributed by atoms with Crippen LogP contribution < -0.4 is 5.32 Å². The second kappa shape index (κ2) is 6.90. The van der Waals surface area contributed by atoms with Gasteiger partial charge in [0.25, 0.3) is 0 Å². The van der Waals surface area contributed by atoms with Crippen molar-refractivity contribution in [3.8, 4) is 0 Å². The van der Waals surface area contributed by atoms with Gasteiger partial charge in [-0.3, -0.25) is 0 Å². The number of likely N-dealkylation sites (tertiary alicyclic amines) is 1. The second-order valence-corrected chi connectivity index (χ2v) is 6.02. The van der Waals surface area contributed by atoms with Crippen LogP contribution in [-0.4, -0.2) is 36.1 Å². The Morgan fingerprint density at radius 1 is 1.14 bits per heavy atom. The zero-order valence-electron chi connectivity index (χ0n) is 12.9. The highest BCUT2D eigenvalue weighted by Gasteiger charge is 2.09. The maximum absolute atomic E-state index is 4.70. The van der Waals surface area contributed by atoms with Gasteiger partial charge in [-0.2, -0.15) is 0 Å². The first-order valence-corrected chi connectivity index (χ1v) is 8.15. The molecule has 0 aliphatic carbocycles. The fourth-order valence-corrected chi connectivity index (χ4v) is 3.14. The van der Waals surface area contributed by atoms with E-state index in [0.717, 1.165) is 17.9 Å². The van der Waals surface area contributed by atoms with Crippen LogP contribution in [0.1, 0.15) is 31.2 Å². The first-order valence-electron chi connectivity index (χ1n) is 8.15. The van der Waals surface area contributed by atoms with Crippen molar-refractivity contribution in [3.63, 3.8) is 0 Å². The van der Waals surface area contributed by atoms with Crippen molar-refractivity contribution in [1.29, 1.82) is 0 Å². The van der Waals surface area contributed by atoms with E-state index in [0.29, 0.717) is 0 Å². The highest BCUT2D eigenvalue weighted by Crippen LogP contribution is 2.19. The molecular formula is C18H25N3. The van der Waals surface area contributed by atoms with Crippen LogP contribution in [-0.2, 0) is 0 Å². The van der Waals surface area contributed by atoms with Crippen molar-refractivity contribution in [1.82, 2.24) is 9.88 Å². The molecule has 0 unspecified atom stereocenters. The molecular weight excluding hydrogens is 258 g/mol. The number of para-hydroxylation sites is 1. The SMILES string of the molecule is Cc1cc(NCCCN2CCCCC2)nc2ccccc12. The Kier molecular flexibility index (Phi) is 4.71. The van der Waals surface area contributed by atoms with Gasteiger partial charge < -0.3 is 10.2 Å². The minimum absolute atomic E-state index is 1.00. The van der Waals surface area contributed by atoms with E-state index in [9.17, 15) is 0 Å². The lowest BCUT2D eigenvalue weighted by atomic mass is 10.1. The summed E-state index contributed by atoms with van der Waals surface area (Å²) in [5.41, 5.74) is 2.37. The molecule has 0 atom stereocenters. The van der Waals surface area contributed by atoms with E-state index < -0.39 is 0 Å². The largest absolute Gasteiger partial charge is 0.370 e. The molecule has 112 valence electrons. The standard InChI is InChI=1S/C18H25N3/c1-15-14-18(20-17-9-4-3-8-16(15)17)19-10-7-13-21-11-5-2-6-12-21/h3-4,8-9,14H,2,5-7,10-13H2,1H3,(H,19,20). The first-order chi connectivity index (χ1) is 10.3. The Balaban J connectivity index is 1.53. The quantitative estimate of drug-likeness (QED) is 0.845. The number of aromatic nitrogens is 1. The Bertz CT molecular complexity index is 588. The third-order valence-electron chi connectivity index (χ3n) is 4.33. The predicted molar refractivity (Wildman–Crippen MR) is 89.9 cm³/mol. The van der Waals surface area contributed by atoms with Crippen LogP contribution in [0.15, 0.2) is 30.3 Å². The molecule has 1 aromatic heterocycles. The van der Waals surface area contributed by atoms with Gasteiger partial charge >= 0.3 is 0 Å². The number of hydrogen-bond donors (Lipinski definition) is 1. The van der Waals surface area contributed by atoms with Gasteiger partial charge in [0.05, 0.1) is 5.52 Å². The molecule has 1 N–H and O–H groups in total. The summed E-state index contributed by atoms with van der Waals surface area (Å²) < 4.78 is 0. The monoisotopic (exact) mass is 283 g/mol. The second-order valence-electron chi connectivity index (χ2n) is 6.02. The van der Waals surface area contributed by atoms with Crippen LogP contribution in [0, 0.1) is 6.92 Å². The molecule has 0 saturated carbocycles. The van der Waals surface area contributed by atoms with E-state index in [1.165, 1.54) is 56.3 Å². The highest BCUT2D eigenvalue weighted by atomic mass is 15.1. The van der Waals surface area contributed by atoms with E-state index in [1.807, 2.05) is 0 Å². The third kappa shape index (κ3) is 3.73. The molecule has 1 aliphatic heterocycles. The number of pyridine rings is 1. The molecule has 0 radical (unpaired) electrons. The fourth-order valence-electron chi connectivity index (χ4n) is 3.14. The van der Waals surface area contributed by atoms with Gasteiger partial charge in [0.2, 0.25) is 0 Å².